The topological polar surface area (TPSA) is 83.8 Å². The minimum absolute atomic E-state index is 0.0523. The molecule has 9 nitrogen and oxygen atoms in total. The number of para-hydroxylation sites is 1. The van der Waals surface area contributed by atoms with Crippen molar-refractivity contribution >= 4 is 15.7 Å². The lowest BCUT2D eigenvalue weighted by Gasteiger charge is -2.34. The van der Waals surface area contributed by atoms with E-state index in [0.29, 0.717) is 22.6 Å². The Morgan fingerprint density at radius 3 is 2.38 bits per heavy atom. The number of benzene rings is 3. The summed E-state index contributed by atoms with van der Waals surface area (Å²) in [5, 5.41) is 8.25. The molecule has 0 spiro atoms. The molecule has 0 amide bonds. The lowest BCUT2D eigenvalue weighted by Crippen LogP contribution is -2.44. The largest absolute Gasteiger partial charge is 0.456 e. The summed E-state index contributed by atoms with van der Waals surface area (Å²) in [5.74, 6) is 0.828. The highest BCUT2D eigenvalue weighted by Gasteiger charge is 2.33. The Labute approximate surface area is 241 Å². The first-order valence-corrected chi connectivity index (χ1v) is 14.9. The summed E-state index contributed by atoms with van der Waals surface area (Å²) >= 11 is 0. The molecule has 2 aliphatic rings. The van der Waals surface area contributed by atoms with E-state index in [1.54, 1.807) is 18.3 Å². The summed E-state index contributed by atoms with van der Waals surface area (Å²) in [7, 11) is -1.93. The van der Waals surface area contributed by atoms with E-state index >= 15 is 0 Å². The second kappa shape index (κ2) is 11.0. The summed E-state index contributed by atoms with van der Waals surface area (Å²) in [5.41, 5.74) is 1.88. The van der Waals surface area contributed by atoms with E-state index in [-0.39, 0.29) is 30.3 Å². The van der Waals surface area contributed by atoms with Crippen LogP contribution >= 0.6 is 0 Å². The highest BCUT2D eigenvalue weighted by Crippen LogP contribution is 2.39. The van der Waals surface area contributed by atoms with Gasteiger partial charge in [-0.15, -0.1) is 5.10 Å². The summed E-state index contributed by atoms with van der Waals surface area (Å²) < 4.78 is 75.8. The molecule has 220 valence electrons. The van der Waals surface area contributed by atoms with Gasteiger partial charge < -0.3 is 14.5 Å². The molecule has 0 saturated carbocycles. The zero-order valence-electron chi connectivity index (χ0n) is 22.8. The quantitative estimate of drug-likeness (QED) is 0.332. The van der Waals surface area contributed by atoms with Gasteiger partial charge in [-0.25, -0.2) is 13.1 Å². The number of piperazine rings is 1. The van der Waals surface area contributed by atoms with E-state index in [9.17, 15) is 21.6 Å². The van der Waals surface area contributed by atoms with Crippen LogP contribution in [0.5, 0.6) is 11.5 Å². The van der Waals surface area contributed by atoms with Crippen molar-refractivity contribution in [2.75, 3.05) is 38.1 Å². The Kier molecular flexibility index (Phi) is 7.41. The van der Waals surface area contributed by atoms with Gasteiger partial charge in [-0.2, -0.15) is 17.5 Å². The number of hydrogen-bond acceptors (Lipinski definition) is 7. The highest BCUT2D eigenvalue weighted by atomic mass is 32.2. The van der Waals surface area contributed by atoms with E-state index in [0.717, 1.165) is 44.0 Å². The summed E-state index contributed by atoms with van der Waals surface area (Å²) in [6, 6.07) is 17.3. The van der Waals surface area contributed by atoms with Crippen molar-refractivity contribution in [3.05, 3.63) is 95.3 Å². The molecule has 0 atom stereocenters. The van der Waals surface area contributed by atoms with Crippen LogP contribution in [0.15, 0.2) is 77.8 Å². The fourth-order valence-corrected chi connectivity index (χ4v) is 6.60. The number of nitrogens with zero attached hydrogens (tertiary/aromatic N) is 6. The maximum Gasteiger partial charge on any atom is 0.416 e. The fourth-order valence-electron chi connectivity index (χ4n) is 5.11. The Balaban J connectivity index is 1.27. The molecule has 1 fully saturated rings. The van der Waals surface area contributed by atoms with Crippen molar-refractivity contribution in [3.63, 3.8) is 0 Å². The molecule has 6 rings (SSSR count). The van der Waals surface area contributed by atoms with Crippen molar-refractivity contribution in [2.24, 2.45) is 0 Å². The molecule has 3 aromatic carbocycles. The van der Waals surface area contributed by atoms with Gasteiger partial charge in [0.1, 0.15) is 16.4 Å². The minimum atomic E-state index is -4.41. The van der Waals surface area contributed by atoms with Gasteiger partial charge in [0.2, 0.25) is 10.0 Å². The average Bonchev–Trinajstić information content (AvgIpc) is 3.40. The number of sulfonamides is 1. The number of aromatic nitrogens is 3. The SMILES string of the molecule is CN1CCN(c2ccc3c(c2)Oc2ccccc2CN(Cc2cn(Cc4ccc(C(F)(F)F)cc4)nn2)S3(=O)=O)CC1. The monoisotopic (exact) mass is 598 g/mol. The Morgan fingerprint density at radius 1 is 0.905 bits per heavy atom. The molecule has 1 aromatic heterocycles. The molecular formula is C29H29F3N6O3S. The van der Waals surface area contributed by atoms with E-state index in [1.165, 1.54) is 21.1 Å². The molecule has 1 saturated heterocycles. The van der Waals surface area contributed by atoms with Gasteiger partial charge in [0, 0.05) is 50.0 Å². The number of halogens is 3. The van der Waals surface area contributed by atoms with Crippen LogP contribution in [0.2, 0.25) is 0 Å². The Hall–Kier alpha value is -3.94. The number of rotatable bonds is 5. The van der Waals surface area contributed by atoms with Crippen LogP contribution in [0.1, 0.15) is 22.4 Å². The van der Waals surface area contributed by atoms with Crippen LogP contribution in [0.25, 0.3) is 0 Å². The number of anilines is 1. The number of likely N-dealkylation sites (N-methyl/N-ethyl adjacent to an activating group) is 1. The predicted molar refractivity (Wildman–Crippen MR) is 150 cm³/mol. The zero-order chi connectivity index (χ0) is 29.5. The number of alkyl halides is 3. The van der Waals surface area contributed by atoms with Gasteiger partial charge in [-0.3, -0.25) is 0 Å². The molecule has 0 unspecified atom stereocenters. The van der Waals surface area contributed by atoms with Crippen molar-refractivity contribution in [1.82, 2.24) is 24.2 Å². The van der Waals surface area contributed by atoms with Gasteiger partial charge >= 0.3 is 6.18 Å². The third kappa shape index (κ3) is 5.85. The maximum atomic E-state index is 14.0. The van der Waals surface area contributed by atoms with E-state index in [2.05, 4.69) is 27.2 Å². The number of fused-ring (bicyclic) bond motifs is 2. The molecule has 0 N–H and O–H groups in total. The molecule has 0 bridgehead atoms. The van der Waals surface area contributed by atoms with Gasteiger partial charge in [-0.05, 0) is 42.9 Å². The number of ether oxygens (including phenoxy) is 1. The Morgan fingerprint density at radius 2 is 1.64 bits per heavy atom. The van der Waals surface area contributed by atoms with Gasteiger partial charge in [-0.1, -0.05) is 35.5 Å². The van der Waals surface area contributed by atoms with Crippen LogP contribution < -0.4 is 9.64 Å². The zero-order valence-corrected chi connectivity index (χ0v) is 23.6. The van der Waals surface area contributed by atoms with E-state index in [4.69, 9.17) is 4.74 Å². The van der Waals surface area contributed by atoms with Gasteiger partial charge in [0.15, 0.2) is 0 Å². The van der Waals surface area contributed by atoms with Crippen LogP contribution in [0, 0.1) is 0 Å². The molecule has 3 heterocycles. The molecule has 0 radical (unpaired) electrons. The molecule has 13 heteroatoms. The Bertz CT molecular complexity index is 1680. The fraction of sp³-hybridized carbons (Fsp3) is 0.310. The second-order valence-corrected chi connectivity index (χ2v) is 12.4. The van der Waals surface area contributed by atoms with Crippen LogP contribution in [-0.4, -0.2) is 65.8 Å². The van der Waals surface area contributed by atoms with Crippen molar-refractivity contribution < 1.29 is 26.3 Å². The van der Waals surface area contributed by atoms with Crippen LogP contribution in [-0.2, 0) is 35.8 Å². The first kappa shape index (κ1) is 28.2. The maximum absolute atomic E-state index is 14.0. The third-order valence-corrected chi connectivity index (χ3v) is 9.33. The summed E-state index contributed by atoms with van der Waals surface area (Å²) in [6.07, 6.45) is -2.81. The van der Waals surface area contributed by atoms with Crippen molar-refractivity contribution in [3.8, 4) is 11.5 Å². The van der Waals surface area contributed by atoms with Gasteiger partial charge in [0.25, 0.3) is 0 Å². The molecule has 2 aliphatic heterocycles. The highest BCUT2D eigenvalue weighted by molar-refractivity contribution is 7.89. The standard InChI is InChI=1S/C29H29F3N6O3S/c1-35-12-14-36(15-13-35)25-10-11-28-27(16-25)41-26-5-3-2-4-22(26)18-38(42(28,39)40)20-24-19-37(34-33-24)17-21-6-8-23(9-7-21)29(30,31)32/h2-11,16,19H,12-15,17-18,20H2,1H3. The predicted octanol–water partition coefficient (Wildman–Crippen LogP) is 4.59. The van der Waals surface area contributed by atoms with E-state index < -0.39 is 21.8 Å². The second-order valence-electron chi connectivity index (χ2n) is 10.5. The molecular weight excluding hydrogens is 569 g/mol. The normalized spacial score (nSPS) is 17.6. The number of hydrogen-bond donors (Lipinski definition) is 0. The lowest BCUT2D eigenvalue weighted by atomic mass is 10.1. The van der Waals surface area contributed by atoms with Crippen molar-refractivity contribution in [2.45, 2.75) is 30.7 Å². The van der Waals surface area contributed by atoms with Crippen molar-refractivity contribution in [1.29, 1.82) is 0 Å². The van der Waals surface area contributed by atoms with Gasteiger partial charge in [0.05, 0.1) is 30.5 Å². The first-order valence-electron chi connectivity index (χ1n) is 13.4. The molecule has 4 aromatic rings. The smallest absolute Gasteiger partial charge is 0.416 e. The summed E-state index contributed by atoms with van der Waals surface area (Å²) in [6.45, 7) is 3.66. The third-order valence-electron chi connectivity index (χ3n) is 7.50. The van der Waals surface area contributed by atoms with Crippen LogP contribution in [0.4, 0.5) is 18.9 Å². The average molecular weight is 599 g/mol. The van der Waals surface area contributed by atoms with Crippen LogP contribution in [0.3, 0.4) is 0 Å². The first-order chi connectivity index (χ1) is 20.1. The molecule has 0 aliphatic carbocycles. The molecule has 42 heavy (non-hydrogen) atoms. The summed E-state index contributed by atoms with van der Waals surface area (Å²) in [4.78, 5) is 4.53. The van der Waals surface area contributed by atoms with E-state index in [1.807, 2.05) is 30.3 Å². The minimum Gasteiger partial charge on any atom is -0.456 e. The lowest BCUT2D eigenvalue weighted by molar-refractivity contribution is -0.137.